The lowest BCUT2D eigenvalue weighted by atomic mass is 10.0. The molecule has 1 heterocycles. The van der Waals surface area contributed by atoms with Crippen molar-refractivity contribution in [1.82, 2.24) is 10.3 Å². The van der Waals surface area contributed by atoms with Crippen LogP contribution in [0.2, 0.25) is 5.02 Å². The number of aromatic hydroxyl groups is 1. The number of fused-ring (bicyclic) bond motifs is 2. The molecule has 0 aliphatic heterocycles. The second-order valence-corrected chi connectivity index (χ2v) is 8.08. The molecule has 6 nitrogen and oxygen atoms in total. The number of aromatic nitrogens is 1. The van der Waals surface area contributed by atoms with Crippen molar-refractivity contribution in [2.75, 3.05) is 5.32 Å². The fraction of sp³-hybridized carbons (Fsp3) is 0. The fourth-order valence-corrected chi connectivity index (χ4v) is 4.02. The Balaban J connectivity index is 1.37. The molecular weight excluding hydrogens is 458 g/mol. The zero-order chi connectivity index (χ0) is 22.9. The summed E-state index contributed by atoms with van der Waals surface area (Å²) in [6, 6.07) is 22.9. The molecule has 1 aromatic heterocycles. The van der Waals surface area contributed by atoms with E-state index in [1.54, 1.807) is 42.5 Å². The highest BCUT2D eigenvalue weighted by molar-refractivity contribution is 7.80. The third-order valence-electron chi connectivity index (χ3n) is 5.12. The predicted molar refractivity (Wildman–Crippen MR) is 134 cm³/mol. The van der Waals surface area contributed by atoms with Gasteiger partial charge in [0, 0.05) is 21.7 Å². The largest absolute Gasteiger partial charge is 0.507 e. The van der Waals surface area contributed by atoms with Crippen molar-refractivity contribution in [3.8, 4) is 17.2 Å². The minimum absolute atomic E-state index is 0.00898. The van der Waals surface area contributed by atoms with E-state index in [2.05, 4.69) is 15.6 Å². The average molecular weight is 474 g/mol. The molecule has 5 rings (SSSR count). The molecule has 0 unspecified atom stereocenters. The number of benzene rings is 4. The van der Waals surface area contributed by atoms with Crippen molar-refractivity contribution in [2.24, 2.45) is 0 Å². The van der Waals surface area contributed by atoms with E-state index in [0.717, 1.165) is 10.8 Å². The van der Waals surface area contributed by atoms with Gasteiger partial charge in [-0.05, 0) is 60.1 Å². The summed E-state index contributed by atoms with van der Waals surface area (Å²) < 4.78 is 5.76. The zero-order valence-electron chi connectivity index (χ0n) is 17.0. The molecule has 0 aliphatic carbocycles. The van der Waals surface area contributed by atoms with Crippen LogP contribution in [0.25, 0.3) is 33.3 Å². The molecule has 0 saturated carbocycles. The number of phenolic OH excluding ortho intramolecular Hbond substituents is 1. The molecule has 162 valence electrons. The third kappa shape index (κ3) is 4.11. The molecule has 0 fully saturated rings. The second kappa shape index (κ2) is 8.54. The summed E-state index contributed by atoms with van der Waals surface area (Å²) >= 11 is 11.6. The van der Waals surface area contributed by atoms with Gasteiger partial charge in [0.2, 0.25) is 5.89 Å². The number of rotatable bonds is 3. The maximum atomic E-state index is 12.9. The van der Waals surface area contributed by atoms with E-state index in [1.807, 2.05) is 30.3 Å². The molecule has 3 N–H and O–H groups in total. The van der Waals surface area contributed by atoms with Gasteiger partial charge in [-0.2, -0.15) is 0 Å². The molecule has 0 bridgehead atoms. The number of carbonyl (C=O) groups is 1. The molecule has 0 radical (unpaired) electrons. The zero-order valence-corrected chi connectivity index (χ0v) is 18.6. The molecule has 0 atom stereocenters. The van der Waals surface area contributed by atoms with Crippen molar-refractivity contribution in [1.29, 1.82) is 0 Å². The van der Waals surface area contributed by atoms with Crippen LogP contribution in [0.4, 0.5) is 5.69 Å². The van der Waals surface area contributed by atoms with E-state index in [9.17, 15) is 9.90 Å². The van der Waals surface area contributed by atoms with Crippen molar-refractivity contribution < 1.29 is 14.3 Å². The first-order valence-electron chi connectivity index (χ1n) is 9.98. The number of hydrogen-bond donors (Lipinski definition) is 3. The number of nitrogens with one attached hydrogen (secondary N) is 2. The number of para-hydroxylation sites is 2. The van der Waals surface area contributed by atoms with Crippen LogP contribution < -0.4 is 10.6 Å². The standard InChI is InChI=1S/C25H16ClN3O3S/c26-19-8-4-5-15-16(19)6-3-7-17(15)23(31)29-25(33)27-14-11-12-21(30)18(13-14)24-28-20-9-1-2-10-22(20)32-24/h1-13,30H,(H2,27,29,31,33). The van der Waals surface area contributed by atoms with Gasteiger partial charge in [-0.1, -0.05) is 48.0 Å². The van der Waals surface area contributed by atoms with Crippen molar-refractivity contribution in [2.45, 2.75) is 0 Å². The van der Waals surface area contributed by atoms with E-state index >= 15 is 0 Å². The number of oxazole rings is 1. The second-order valence-electron chi connectivity index (χ2n) is 7.27. The number of phenols is 1. The van der Waals surface area contributed by atoms with E-state index in [-0.39, 0.29) is 22.7 Å². The van der Waals surface area contributed by atoms with Gasteiger partial charge in [0.15, 0.2) is 10.7 Å². The van der Waals surface area contributed by atoms with Crippen molar-refractivity contribution >= 4 is 62.4 Å². The number of hydrogen-bond acceptors (Lipinski definition) is 5. The molecule has 4 aromatic carbocycles. The molecular formula is C25H16ClN3O3S. The highest BCUT2D eigenvalue weighted by atomic mass is 35.5. The number of halogens is 1. The molecule has 0 saturated heterocycles. The highest BCUT2D eigenvalue weighted by Gasteiger charge is 2.15. The SMILES string of the molecule is O=C(NC(=S)Nc1ccc(O)c(-c2nc3ccccc3o2)c1)c1cccc2c(Cl)cccc12. The number of nitrogens with zero attached hydrogens (tertiary/aromatic N) is 1. The normalized spacial score (nSPS) is 10.9. The first-order valence-corrected chi connectivity index (χ1v) is 10.8. The molecule has 5 aromatic rings. The number of thiocarbonyl (C=S) groups is 1. The topological polar surface area (TPSA) is 87.4 Å². The van der Waals surface area contributed by atoms with Gasteiger partial charge >= 0.3 is 0 Å². The Labute approximate surface area is 198 Å². The molecule has 8 heteroatoms. The van der Waals surface area contributed by atoms with Crippen LogP contribution in [0, 0.1) is 0 Å². The van der Waals surface area contributed by atoms with E-state index in [4.69, 9.17) is 28.2 Å². The smallest absolute Gasteiger partial charge is 0.258 e. The Morgan fingerprint density at radius 2 is 1.76 bits per heavy atom. The predicted octanol–water partition coefficient (Wildman–Crippen LogP) is 6.13. The van der Waals surface area contributed by atoms with Crippen LogP contribution in [-0.2, 0) is 0 Å². The lowest BCUT2D eigenvalue weighted by Gasteiger charge is -2.12. The lowest BCUT2D eigenvalue weighted by molar-refractivity contribution is 0.0979. The van der Waals surface area contributed by atoms with Crippen molar-refractivity contribution in [3.05, 3.63) is 89.4 Å². The van der Waals surface area contributed by atoms with Gasteiger partial charge in [0.25, 0.3) is 5.91 Å². The Morgan fingerprint density at radius 3 is 2.61 bits per heavy atom. The van der Waals surface area contributed by atoms with E-state index in [0.29, 0.717) is 32.9 Å². The van der Waals surface area contributed by atoms with Gasteiger partial charge < -0.3 is 14.8 Å². The monoisotopic (exact) mass is 473 g/mol. The van der Waals surface area contributed by atoms with E-state index < -0.39 is 0 Å². The van der Waals surface area contributed by atoms with Gasteiger partial charge in [-0.15, -0.1) is 0 Å². The van der Waals surface area contributed by atoms with Gasteiger partial charge in [-0.25, -0.2) is 4.98 Å². The summed E-state index contributed by atoms with van der Waals surface area (Å²) in [6.45, 7) is 0. The minimum atomic E-state index is -0.363. The fourth-order valence-electron chi connectivity index (χ4n) is 3.57. The molecule has 1 amide bonds. The minimum Gasteiger partial charge on any atom is -0.507 e. The van der Waals surface area contributed by atoms with Crippen LogP contribution in [0.5, 0.6) is 5.75 Å². The van der Waals surface area contributed by atoms with Gasteiger partial charge in [-0.3, -0.25) is 10.1 Å². The summed E-state index contributed by atoms with van der Waals surface area (Å²) in [7, 11) is 0. The van der Waals surface area contributed by atoms with Crippen LogP contribution in [-0.4, -0.2) is 21.1 Å². The first kappa shape index (κ1) is 20.9. The summed E-state index contributed by atoms with van der Waals surface area (Å²) in [5.74, 6) is -0.0760. The molecule has 0 aliphatic rings. The van der Waals surface area contributed by atoms with Crippen LogP contribution in [0.1, 0.15) is 10.4 Å². The maximum Gasteiger partial charge on any atom is 0.258 e. The van der Waals surface area contributed by atoms with Crippen LogP contribution >= 0.6 is 23.8 Å². The summed E-state index contributed by atoms with van der Waals surface area (Å²) in [5.41, 5.74) is 2.70. The van der Waals surface area contributed by atoms with E-state index in [1.165, 1.54) is 6.07 Å². The highest BCUT2D eigenvalue weighted by Crippen LogP contribution is 2.33. The van der Waals surface area contributed by atoms with Gasteiger partial charge in [0.1, 0.15) is 11.3 Å². The van der Waals surface area contributed by atoms with Gasteiger partial charge in [0.05, 0.1) is 5.56 Å². The van der Waals surface area contributed by atoms with Crippen molar-refractivity contribution in [3.63, 3.8) is 0 Å². The Hall–Kier alpha value is -3.94. The summed E-state index contributed by atoms with van der Waals surface area (Å²) in [6.07, 6.45) is 0. The Kier molecular flexibility index (Phi) is 5.42. The quantitative estimate of drug-likeness (QED) is 0.216. The third-order valence-corrected chi connectivity index (χ3v) is 5.65. The number of amides is 1. The van der Waals surface area contributed by atoms with Crippen LogP contribution in [0.15, 0.2) is 83.3 Å². The lowest BCUT2D eigenvalue weighted by Crippen LogP contribution is -2.34. The summed E-state index contributed by atoms with van der Waals surface area (Å²) in [4.78, 5) is 17.3. The number of carbonyl (C=O) groups excluding carboxylic acids is 1. The summed E-state index contributed by atoms with van der Waals surface area (Å²) in [5, 5.41) is 18.2. The average Bonchev–Trinajstić information content (AvgIpc) is 3.24. The first-order chi connectivity index (χ1) is 16.0. The Bertz CT molecular complexity index is 1510. The molecule has 33 heavy (non-hydrogen) atoms. The number of anilines is 1. The molecule has 0 spiro atoms. The maximum absolute atomic E-state index is 12.9. The van der Waals surface area contributed by atoms with Crippen LogP contribution in [0.3, 0.4) is 0 Å². The Morgan fingerprint density at radius 1 is 0.970 bits per heavy atom.